The molecule has 0 spiro atoms. The number of carboxylic acid groups (broad SMARTS) is 2. The van der Waals surface area contributed by atoms with Crippen LogP contribution >= 0.6 is 0 Å². The maximum atomic E-state index is 12.1. The quantitative estimate of drug-likeness (QED) is 0.512. The average molecular weight is 383 g/mol. The zero-order valence-electron chi connectivity index (χ0n) is 18.9. The van der Waals surface area contributed by atoms with Gasteiger partial charge in [0.25, 0.3) is 0 Å². The lowest BCUT2D eigenvalue weighted by Crippen LogP contribution is -2.44. The van der Waals surface area contributed by atoms with Crippen LogP contribution < -0.4 is 10.2 Å². The first-order chi connectivity index (χ1) is 12.1. The van der Waals surface area contributed by atoms with Gasteiger partial charge in [0, 0.05) is 17.4 Å². The van der Waals surface area contributed by atoms with Crippen molar-refractivity contribution in [3.63, 3.8) is 0 Å². The number of hydrogen-bond acceptors (Lipinski definition) is 4. The molecular formula is C23H42O4-2. The van der Waals surface area contributed by atoms with Crippen molar-refractivity contribution in [2.75, 3.05) is 0 Å². The molecule has 4 nitrogen and oxygen atoms in total. The molecule has 4 heteroatoms. The smallest absolute Gasteiger partial charge is 0.0476 e. The zero-order chi connectivity index (χ0) is 21.5. The molecule has 0 amide bonds. The molecule has 0 aromatic rings. The fourth-order valence-corrected chi connectivity index (χ4v) is 4.36. The Hall–Kier alpha value is -1.06. The van der Waals surface area contributed by atoms with Crippen LogP contribution in [0, 0.1) is 28.1 Å². The molecule has 0 bridgehead atoms. The van der Waals surface area contributed by atoms with Crippen LogP contribution in [0.2, 0.25) is 0 Å². The van der Waals surface area contributed by atoms with Gasteiger partial charge in [-0.3, -0.25) is 0 Å². The number of carboxylic acids is 2. The minimum absolute atomic E-state index is 0.0993. The van der Waals surface area contributed by atoms with E-state index in [1.165, 1.54) is 0 Å². The monoisotopic (exact) mass is 382 g/mol. The van der Waals surface area contributed by atoms with E-state index in [0.29, 0.717) is 24.7 Å². The highest BCUT2D eigenvalue weighted by Crippen LogP contribution is 2.40. The Kier molecular flexibility index (Phi) is 10.1. The molecule has 0 rings (SSSR count). The van der Waals surface area contributed by atoms with Gasteiger partial charge in [0.15, 0.2) is 0 Å². The summed E-state index contributed by atoms with van der Waals surface area (Å²) >= 11 is 0. The summed E-state index contributed by atoms with van der Waals surface area (Å²) in [6.45, 7) is 17.4. The van der Waals surface area contributed by atoms with E-state index in [2.05, 4.69) is 55.4 Å². The Morgan fingerprint density at radius 3 is 1.37 bits per heavy atom. The summed E-state index contributed by atoms with van der Waals surface area (Å²) in [5.74, 6) is -1.52. The number of carbonyl (C=O) groups excluding carboxylic acids is 2. The van der Waals surface area contributed by atoms with Crippen molar-refractivity contribution in [1.29, 1.82) is 0 Å². The first-order valence-electron chi connectivity index (χ1n) is 10.5. The SMILES string of the molecule is CC(CCC(CCC(=O)[O-])(CCC(C)CC(C)(C)C)C(=O)[O-])CC(C)(C)C. The summed E-state index contributed by atoms with van der Waals surface area (Å²) in [6, 6.07) is 0. The third kappa shape index (κ3) is 12.1. The Balaban J connectivity index is 5.16. The summed E-state index contributed by atoms with van der Waals surface area (Å²) in [4.78, 5) is 23.1. The lowest BCUT2D eigenvalue weighted by Gasteiger charge is -2.38. The maximum Gasteiger partial charge on any atom is 0.0476 e. The Morgan fingerprint density at radius 2 is 1.11 bits per heavy atom. The molecule has 0 aliphatic carbocycles. The largest absolute Gasteiger partial charge is 0.550 e. The molecule has 0 radical (unpaired) electrons. The molecule has 0 saturated carbocycles. The van der Waals surface area contributed by atoms with Crippen molar-refractivity contribution >= 4 is 11.9 Å². The lowest BCUT2D eigenvalue weighted by atomic mass is 9.71. The first kappa shape index (κ1) is 25.9. The van der Waals surface area contributed by atoms with E-state index in [1.807, 2.05) is 0 Å². The third-order valence-electron chi connectivity index (χ3n) is 5.39. The fraction of sp³-hybridized carbons (Fsp3) is 0.913. The molecule has 0 N–H and O–H groups in total. The van der Waals surface area contributed by atoms with E-state index in [0.717, 1.165) is 25.7 Å². The molecule has 160 valence electrons. The maximum absolute atomic E-state index is 12.1. The molecule has 27 heavy (non-hydrogen) atoms. The van der Waals surface area contributed by atoms with Crippen LogP contribution in [0.15, 0.2) is 0 Å². The van der Waals surface area contributed by atoms with Crippen molar-refractivity contribution in [3.05, 3.63) is 0 Å². The highest BCUT2D eigenvalue weighted by molar-refractivity contribution is 5.73. The van der Waals surface area contributed by atoms with Crippen molar-refractivity contribution < 1.29 is 19.8 Å². The van der Waals surface area contributed by atoms with Crippen LogP contribution in [-0.2, 0) is 9.59 Å². The van der Waals surface area contributed by atoms with E-state index in [-0.39, 0.29) is 23.7 Å². The van der Waals surface area contributed by atoms with Gasteiger partial charge in [0.05, 0.1) is 0 Å². The van der Waals surface area contributed by atoms with E-state index >= 15 is 0 Å². The predicted octanol–water partition coefficient (Wildman–Crippen LogP) is 3.96. The Morgan fingerprint density at radius 1 is 0.741 bits per heavy atom. The van der Waals surface area contributed by atoms with E-state index in [1.54, 1.807) is 0 Å². The summed E-state index contributed by atoms with van der Waals surface area (Å²) in [6.07, 6.45) is 4.38. The van der Waals surface area contributed by atoms with Gasteiger partial charge in [0.1, 0.15) is 0 Å². The summed E-state index contributed by atoms with van der Waals surface area (Å²) < 4.78 is 0. The number of hydrogen-bond donors (Lipinski definition) is 0. The van der Waals surface area contributed by atoms with E-state index in [9.17, 15) is 19.8 Å². The summed E-state index contributed by atoms with van der Waals surface area (Å²) in [5, 5.41) is 23.1. The standard InChI is InChI=1S/C23H44O4/c1-17(15-21(3,4)5)9-12-23(20(26)27,14-11-19(24)25)13-10-18(2)16-22(6,7)8/h17-18H,9-16H2,1-8H3,(H,24,25)(H,26,27)/p-2. The van der Waals surface area contributed by atoms with Gasteiger partial charge in [0.2, 0.25) is 0 Å². The summed E-state index contributed by atoms with van der Waals surface area (Å²) in [7, 11) is 0. The first-order valence-corrected chi connectivity index (χ1v) is 10.5. The van der Waals surface area contributed by atoms with Crippen LogP contribution in [0.3, 0.4) is 0 Å². The molecule has 0 aromatic heterocycles. The topological polar surface area (TPSA) is 80.3 Å². The second kappa shape index (κ2) is 10.5. The molecule has 2 unspecified atom stereocenters. The summed E-state index contributed by atoms with van der Waals surface area (Å²) in [5.41, 5.74) is -0.691. The van der Waals surface area contributed by atoms with Crippen LogP contribution in [0.1, 0.15) is 107 Å². The van der Waals surface area contributed by atoms with Crippen LogP contribution in [0.4, 0.5) is 0 Å². The van der Waals surface area contributed by atoms with Gasteiger partial charge in [-0.25, -0.2) is 0 Å². The molecule has 0 heterocycles. The van der Waals surface area contributed by atoms with E-state index < -0.39 is 17.4 Å². The van der Waals surface area contributed by atoms with E-state index in [4.69, 9.17) is 0 Å². The molecule has 0 aliphatic rings. The van der Waals surface area contributed by atoms with Gasteiger partial charge in [-0.1, -0.05) is 55.4 Å². The van der Waals surface area contributed by atoms with Crippen molar-refractivity contribution in [3.8, 4) is 0 Å². The number of aliphatic carboxylic acids is 2. The third-order valence-corrected chi connectivity index (χ3v) is 5.39. The normalized spacial score (nSPS) is 17.2. The van der Waals surface area contributed by atoms with Crippen LogP contribution in [0.5, 0.6) is 0 Å². The predicted molar refractivity (Wildman–Crippen MR) is 107 cm³/mol. The van der Waals surface area contributed by atoms with Crippen molar-refractivity contribution in [2.45, 2.75) is 107 Å². The molecule has 2 atom stereocenters. The Bertz CT molecular complexity index is 442. The lowest BCUT2D eigenvalue weighted by molar-refractivity contribution is -0.322. The van der Waals surface area contributed by atoms with Gasteiger partial charge in [-0.05, 0) is 74.0 Å². The van der Waals surface area contributed by atoms with Crippen LogP contribution in [0.25, 0.3) is 0 Å². The fourth-order valence-electron chi connectivity index (χ4n) is 4.36. The molecule has 0 aromatic carbocycles. The molecule has 0 aliphatic heterocycles. The van der Waals surface area contributed by atoms with Gasteiger partial charge < -0.3 is 19.8 Å². The number of rotatable bonds is 12. The van der Waals surface area contributed by atoms with Crippen molar-refractivity contribution in [2.24, 2.45) is 28.1 Å². The highest BCUT2D eigenvalue weighted by atomic mass is 16.4. The molecular weight excluding hydrogens is 340 g/mol. The minimum atomic E-state index is -1.19. The van der Waals surface area contributed by atoms with Crippen molar-refractivity contribution in [1.82, 2.24) is 0 Å². The van der Waals surface area contributed by atoms with Crippen LogP contribution in [-0.4, -0.2) is 11.9 Å². The second-order valence-corrected chi connectivity index (χ2v) is 11.3. The Labute approximate surface area is 167 Å². The molecule has 0 saturated heterocycles. The van der Waals surface area contributed by atoms with Gasteiger partial charge >= 0.3 is 0 Å². The number of carbonyl (C=O) groups is 2. The molecule has 0 fully saturated rings. The van der Waals surface area contributed by atoms with Gasteiger partial charge in [-0.15, -0.1) is 0 Å². The minimum Gasteiger partial charge on any atom is -0.550 e. The second-order valence-electron chi connectivity index (χ2n) is 11.3. The highest BCUT2D eigenvalue weighted by Gasteiger charge is 2.33. The zero-order valence-corrected chi connectivity index (χ0v) is 18.9. The van der Waals surface area contributed by atoms with Gasteiger partial charge in [-0.2, -0.15) is 0 Å². The average Bonchev–Trinajstić information content (AvgIpc) is 2.42.